The first-order valence-corrected chi connectivity index (χ1v) is 7.72. The zero-order valence-electron chi connectivity index (χ0n) is 12.2. The lowest BCUT2D eigenvalue weighted by Gasteiger charge is -2.09. The lowest BCUT2D eigenvalue weighted by atomic mass is 10.1. The fourth-order valence-electron chi connectivity index (χ4n) is 2.09. The van der Waals surface area contributed by atoms with Crippen molar-refractivity contribution in [3.05, 3.63) is 55.6 Å². The number of hydrogen-bond donors (Lipinski definition) is 3. The molecule has 0 aliphatic heterocycles. The molecule has 2 aromatic rings. The maximum absolute atomic E-state index is 11.8. The molecule has 3 N–H and O–H groups in total. The van der Waals surface area contributed by atoms with Crippen molar-refractivity contribution >= 4 is 17.4 Å². The molecular formula is C15H19N3O2S. The maximum atomic E-state index is 11.8. The SMILES string of the molecule is Cc1cc(C)c(CNC(=O)NCCc2ccsc2)c(=O)[nH]1. The van der Waals surface area contributed by atoms with Crippen molar-refractivity contribution < 1.29 is 4.79 Å². The zero-order chi connectivity index (χ0) is 15.2. The average Bonchev–Trinajstić information content (AvgIpc) is 2.90. The highest BCUT2D eigenvalue weighted by Gasteiger charge is 2.07. The molecule has 112 valence electrons. The Bertz CT molecular complexity index is 662. The van der Waals surface area contributed by atoms with Gasteiger partial charge < -0.3 is 15.6 Å². The number of aromatic amines is 1. The van der Waals surface area contributed by atoms with E-state index >= 15 is 0 Å². The molecular weight excluding hydrogens is 286 g/mol. The van der Waals surface area contributed by atoms with Crippen LogP contribution in [0.25, 0.3) is 0 Å². The summed E-state index contributed by atoms with van der Waals surface area (Å²) in [6, 6.07) is 3.68. The van der Waals surface area contributed by atoms with Gasteiger partial charge in [-0.3, -0.25) is 4.79 Å². The number of carbonyl (C=O) groups excluding carboxylic acids is 1. The zero-order valence-corrected chi connectivity index (χ0v) is 13.0. The van der Waals surface area contributed by atoms with Crippen LogP contribution in [0.15, 0.2) is 27.7 Å². The second-order valence-electron chi connectivity index (χ2n) is 4.93. The van der Waals surface area contributed by atoms with Gasteiger partial charge in [-0.15, -0.1) is 0 Å². The highest BCUT2D eigenvalue weighted by atomic mass is 32.1. The molecule has 2 aromatic heterocycles. The van der Waals surface area contributed by atoms with E-state index in [1.54, 1.807) is 11.3 Å². The predicted molar refractivity (Wildman–Crippen MR) is 84.8 cm³/mol. The van der Waals surface area contributed by atoms with E-state index in [-0.39, 0.29) is 18.1 Å². The van der Waals surface area contributed by atoms with Crippen LogP contribution in [0.3, 0.4) is 0 Å². The van der Waals surface area contributed by atoms with Crippen molar-refractivity contribution in [3.8, 4) is 0 Å². The summed E-state index contributed by atoms with van der Waals surface area (Å²) in [7, 11) is 0. The Labute approximate surface area is 127 Å². The smallest absolute Gasteiger partial charge is 0.315 e. The quantitative estimate of drug-likeness (QED) is 0.791. The number of rotatable bonds is 5. The molecule has 5 nitrogen and oxygen atoms in total. The molecule has 0 unspecified atom stereocenters. The summed E-state index contributed by atoms with van der Waals surface area (Å²) in [6.45, 7) is 4.51. The van der Waals surface area contributed by atoms with Crippen LogP contribution in [0, 0.1) is 13.8 Å². The molecule has 2 heterocycles. The Morgan fingerprint density at radius 1 is 1.33 bits per heavy atom. The third-order valence-corrected chi connectivity index (χ3v) is 3.93. The molecule has 0 radical (unpaired) electrons. The van der Waals surface area contributed by atoms with E-state index < -0.39 is 0 Å². The summed E-state index contributed by atoms with van der Waals surface area (Å²) in [5.74, 6) is 0. The number of amides is 2. The van der Waals surface area contributed by atoms with Gasteiger partial charge in [0.05, 0.1) is 6.54 Å². The molecule has 21 heavy (non-hydrogen) atoms. The largest absolute Gasteiger partial charge is 0.338 e. The van der Waals surface area contributed by atoms with Crippen molar-refractivity contribution in [2.24, 2.45) is 0 Å². The third-order valence-electron chi connectivity index (χ3n) is 3.20. The van der Waals surface area contributed by atoms with Gasteiger partial charge >= 0.3 is 6.03 Å². The summed E-state index contributed by atoms with van der Waals surface area (Å²) in [5.41, 5.74) is 3.36. The highest BCUT2D eigenvalue weighted by Crippen LogP contribution is 2.05. The van der Waals surface area contributed by atoms with E-state index in [0.717, 1.165) is 17.7 Å². The fraction of sp³-hybridized carbons (Fsp3) is 0.333. The number of nitrogens with one attached hydrogen (secondary N) is 3. The van der Waals surface area contributed by atoms with Gasteiger partial charge in [-0.2, -0.15) is 11.3 Å². The molecule has 0 aliphatic carbocycles. The number of aryl methyl sites for hydroxylation is 2. The van der Waals surface area contributed by atoms with Gasteiger partial charge in [0, 0.05) is 17.8 Å². The molecule has 0 fully saturated rings. The van der Waals surface area contributed by atoms with E-state index in [9.17, 15) is 9.59 Å². The first-order chi connectivity index (χ1) is 10.1. The topological polar surface area (TPSA) is 74.0 Å². The molecule has 0 aromatic carbocycles. The van der Waals surface area contributed by atoms with Crippen molar-refractivity contribution in [3.63, 3.8) is 0 Å². The van der Waals surface area contributed by atoms with Gasteiger partial charge in [0.15, 0.2) is 0 Å². The molecule has 2 rings (SSSR count). The summed E-state index contributed by atoms with van der Waals surface area (Å²) in [5, 5.41) is 9.58. The number of thiophene rings is 1. The van der Waals surface area contributed by atoms with Crippen LogP contribution in [-0.4, -0.2) is 17.6 Å². The first kappa shape index (κ1) is 15.3. The average molecular weight is 305 g/mol. The number of pyridine rings is 1. The minimum absolute atomic E-state index is 0.147. The summed E-state index contributed by atoms with van der Waals surface area (Å²) in [6.07, 6.45) is 0.807. The monoisotopic (exact) mass is 305 g/mol. The molecule has 6 heteroatoms. The van der Waals surface area contributed by atoms with E-state index in [1.807, 2.05) is 31.4 Å². The Balaban J connectivity index is 1.80. The number of hydrogen-bond acceptors (Lipinski definition) is 3. The van der Waals surface area contributed by atoms with Crippen molar-refractivity contribution in [1.82, 2.24) is 15.6 Å². The van der Waals surface area contributed by atoms with E-state index in [1.165, 1.54) is 5.56 Å². The molecule has 0 saturated carbocycles. The van der Waals surface area contributed by atoms with Crippen LogP contribution in [0.1, 0.15) is 22.4 Å². The highest BCUT2D eigenvalue weighted by molar-refractivity contribution is 7.07. The van der Waals surface area contributed by atoms with Crippen LogP contribution < -0.4 is 16.2 Å². The third kappa shape index (κ3) is 4.46. The van der Waals surface area contributed by atoms with Gasteiger partial charge in [0.1, 0.15) is 0 Å². The molecule has 0 spiro atoms. The molecule has 0 bridgehead atoms. The van der Waals surface area contributed by atoms with Crippen molar-refractivity contribution in [2.75, 3.05) is 6.54 Å². The van der Waals surface area contributed by atoms with Gasteiger partial charge in [-0.1, -0.05) is 0 Å². The number of aromatic nitrogens is 1. The summed E-state index contributed by atoms with van der Waals surface area (Å²) < 4.78 is 0. The van der Waals surface area contributed by atoms with Crippen LogP contribution >= 0.6 is 11.3 Å². The minimum atomic E-state index is -0.260. The van der Waals surface area contributed by atoms with Crippen LogP contribution in [0.2, 0.25) is 0 Å². The molecule has 0 atom stereocenters. The van der Waals surface area contributed by atoms with Crippen LogP contribution in [0.5, 0.6) is 0 Å². The Kier molecular flexibility index (Phi) is 5.16. The Hall–Kier alpha value is -2.08. The fourth-order valence-corrected chi connectivity index (χ4v) is 2.79. The van der Waals surface area contributed by atoms with E-state index in [0.29, 0.717) is 12.1 Å². The second kappa shape index (κ2) is 7.08. The lowest BCUT2D eigenvalue weighted by molar-refractivity contribution is 0.240. The number of urea groups is 1. The summed E-state index contributed by atoms with van der Waals surface area (Å²) >= 11 is 1.64. The normalized spacial score (nSPS) is 10.4. The maximum Gasteiger partial charge on any atom is 0.315 e. The van der Waals surface area contributed by atoms with Crippen LogP contribution in [-0.2, 0) is 13.0 Å². The standard InChI is InChI=1S/C15H19N3O2S/c1-10-7-11(2)18-14(19)13(10)8-17-15(20)16-5-3-12-4-6-21-9-12/h4,6-7,9H,3,5,8H2,1-2H3,(H,18,19)(H2,16,17,20). The second-order valence-corrected chi connectivity index (χ2v) is 5.71. The van der Waals surface area contributed by atoms with Gasteiger partial charge in [0.25, 0.3) is 5.56 Å². The van der Waals surface area contributed by atoms with Gasteiger partial charge in [0.2, 0.25) is 0 Å². The van der Waals surface area contributed by atoms with E-state index in [4.69, 9.17) is 0 Å². The summed E-state index contributed by atoms with van der Waals surface area (Å²) in [4.78, 5) is 26.3. The number of H-pyrrole nitrogens is 1. The molecule has 2 amide bonds. The van der Waals surface area contributed by atoms with Crippen molar-refractivity contribution in [2.45, 2.75) is 26.8 Å². The van der Waals surface area contributed by atoms with Gasteiger partial charge in [-0.05, 0) is 54.3 Å². The van der Waals surface area contributed by atoms with Crippen LogP contribution in [0.4, 0.5) is 4.79 Å². The van der Waals surface area contributed by atoms with Gasteiger partial charge in [-0.25, -0.2) is 4.79 Å². The lowest BCUT2D eigenvalue weighted by Crippen LogP contribution is -2.37. The first-order valence-electron chi connectivity index (χ1n) is 6.78. The predicted octanol–water partition coefficient (Wildman–Crippen LogP) is 2.10. The molecule has 0 saturated heterocycles. The Morgan fingerprint density at radius 2 is 2.14 bits per heavy atom. The van der Waals surface area contributed by atoms with Crippen molar-refractivity contribution in [1.29, 1.82) is 0 Å². The Morgan fingerprint density at radius 3 is 2.81 bits per heavy atom. The number of carbonyl (C=O) groups is 1. The minimum Gasteiger partial charge on any atom is -0.338 e. The van der Waals surface area contributed by atoms with E-state index in [2.05, 4.69) is 21.0 Å². The molecule has 0 aliphatic rings.